The fraction of sp³-hybridized carbons (Fsp3) is 0.182. The van der Waals surface area contributed by atoms with Crippen LogP contribution in [0.2, 0.25) is 0 Å². The lowest BCUT2D eigenvalue weighted by atomic mass is 10.1. The van der Waals surface area contributed by atoms with Crippen LogP contribution in [0.1, 0.15) is 40.1 Å². The van der Waals surface area contributed by atoms with Gasteiger partial charge in [-0.1, -0.05) is 18.2 Å². The van der Waals surface area contributed by atoms with E-state index >= 15 is 0 Å². The molecule has 0 saturated heterocycles. The Morgan fingerprint density at radius 2 is 1.86 bits per heavy atom. The number of benzene rings is 2. The van der Waals surface area contributed by atoms with E-state index in [1.807, 2.05) is 51.1 Å². The van der Waals surface area contributed by atoms with Gasteiger partial charge in [-0.05, 0) is 62.2 Å². The average molecular weight is 390 g/mol. The van der Waals surface area contributed by atoms with Crippen LogP contribution in [0.4, 0.5) is 17.1 Å². The maximum absolute atomic E-state index is 12.6. The molecule has 2 N–H and O–H groups in total. The second-order valence-electron chi connectivity index (χ2n) is 6.81. The first-order valence-corrected chi connectivity index (χ1v) is 9.20. The average Bonchev–Trinajstić information content (AvgIpc) is 2.72. The number of rotatable bonds is 6. The zero-order valence-corrected chi connectivity index (χ0v) is 16.5. The van der Waals surface area contributed by atoms with Gasteiger partial charge >= 0.3 is 0 Å². The van der Waals surface area contributed by atoms with E-state index in [1.54, 1.807) is 24.4 Å². The Bertz CT molecular complexity index is 1050. The number of hydrogen-bond acceptors (Lipinski definition) is 5. The van der Waals surface area contributed by atoms with Crippen molar-refractivity contribution in [1.82, 2.24) is 4.98 Å². The van der Waals surface area contributed by atoms with Gasteiger partial charge in [0.05, 0.1) is 16.7 Å². The van der Waals surface area contributed by atoms with Crippen molar-refractivity contribution in [3.8, 4) is 0 Å². The largest absolute Gasteiger partial charge is 0.371 e. The third-order valence-corrected chi connectivity index (χ3v) is 4.81. The molecule has 3 aromatic rings. The second-order valence-corrected chi connectivity index (χ2v) is 6.81. The van der Waals surface area contributed by atoms with Gasteiger partial charge in [-0.2, -0.15) is 0 Å². The molecule has 1 atom stereocenters. The number of anilines is 2. The molecular formula is C22H22N4O3. The van der Waals surface area contributed by atoms with Crippen LogP contribution in [-0.2, 0) is 0 Å². The highest BCUT2D eigenvalue weighted by molar-refractivity contribution is 6.05. The molecule has 7 heteroatoms. The SMILES string of the molecule is Cc1cccc(NC(=O)c2ccc(NC(C)c3ccccn3)c([N+](=O)[O-])c2)c1C. The Kier molecular flexibility index (Phi) is 5.87. The van der Waals surface area contributed by atoms with E-state index in [2.05, 4.69) is 15.6 Å². The van der Waals surface area contributed by atoms with Crippen molar-refractivity contribution in [3.05, 3.63) is 93.3 Å². The Morgan fingerprint density at radius 3 is 2.55 bits per heavy atom. The number of nitrogens with zero attached hydrogens (tertiary/aromatic N) is 2. The summed E-state index contributed by atoms with van der Waals surface area (Å²) in [5.41, 5.74) is 3.84. The normalized spacial score (nSPS) is 11.6. The molecular weight excluding hydrogens is 368 g/mol. The van der Waals surface area contributed by atoms with Crippen molar-refractivity contribution in [3.63, 3.8) is 0 Å². The molecule has 0 aliphatic rings. The summed E-state index contributed by atoms with van der Waals surface area (Å²) in [7, 11) is 0. The molecule has 1 unspecified atom stereocenters. The quantitative estimate of drug-likeness (QED) is 0.454. The van der Waals surface area contributed by atoms with Gasteiger partial charge in [0, 0.05) is 23.5 Å². The zero-order valence-electron chi connectivity index (χ0n) is 16.5. The molecule has 2 aromatic carbocycles. The van der Waals surface area contributed by atoms with Gasteiger partial charge in [-0.3, -0.25) is 19.9 Å². The number of amides is 1. The van der Waals surface area contributed by atoms with Crippen molar-refractivity contribution in [2.24, 2.45) is 0 Å². The Morgan fingerprint density at radius 1 is 1.07 bits per heavy atom. The summed E-state index contributed by atoms with van der Waals surface area (Å²) in [5, 5.41) is 17.5. The summed E-state index contributed by atoms with van der Waals surface area (Å²) < 4.78 is 0. The number of carbonyl (C=O) groups is 1. The van der Waals surface area contributed by atoms with Crippen LogP contribution in [0.25, 0.3) is 0 Å². The Balaban J connectivity index is 1.84. The summed E-state index contributed by atoms with van der Waals surface area (Å²) in [6.45, 7) is 5.74. The van der Waals surface area contributed by atoms with E-state index in [1.165, 1.54) is 6.07 Å². The smallest absolute Gasteiger partial charge is 0.293 e. The first kappa shape index (κ1) is 20.0. The van der Waals surface area contributed by atoms with E-state index in [0.29, 0.717) is 11.4 Å². The first-order valence-electron chi connectivity index (χ1n) is 9.20. The van der Waals surface area contributed by atoms with Gasteiger partial charge in [-0.15, -0.1) is 0 Å². The molecule has 0 spiro atoms. The van der Waals surface area contributed by atoms with Gasteiger partial charge in [0.1, 0.15) is 5.69 Å². The molecule has 7 nitrogen and oxygen atoms in total. The van der Waals surface area contributed by atoms with Gasteiger partial charge in [0.15, 0.2) is 0 Å². The molecule has 1 heterocycles. The van der Waals surface area contributed by atoms with Crippen LogP contribution in [0, 0.1) is 24.0 Å². The lowest BCUT2D eigenvalue weighted by molar-refractivity contribution is -0.384. The number of aromatic nitrogens is 1. The molecule has 0 radical (unpaired) electrons. The molecule has 1 amide bonds. The summed E-state index contributed by atoms with van der Waals surface area (Å²) in [4.78, 5) is 28.0. The molecule has 29 heavy (non-hydrogen) atoms. The van der Waals surface area contributed by atoms with Crippen molar-refractivity contribution in [1.29, 1.82) is 0 Å². The monoisotopic (exact) mass is 390 g/mol. The molecule has 3 rings (SSSR count). The number of nitrogens with one attached hydrogen (secondary N) is 2. The maximum atomic E-state index is 12.6. The molecule has 0 fully saturated rings. The molecule has 1 aromatic heterocycles. The van der Waals surface area contributed by atoms with Crippen LogP contribution in [0.5, 0.6) is 0 Å². The first-order chi connectivity index (χ1) is 13.9. The minimum absolute atomic E-state index is 0.165. The van der Waals surface area contributed by atoms with Crippen molar-refractivity contribution < 1.29 is 9.72 Å². The summed E-state index contributed by atoms with van der Waals surface area (Å²) >= 11 is 0. The fourth-order valence-corrected chi connectivity index (χ4v) is 2.97. The van der Waals surface area contributed by atoms with Crippen molar-refractivity contribution >= 4 is 23.0 Å². The van der Waals surface area contributed by atoms with Crippen molar-refractivity contribution in [2.45, 2.75) is 26.8 Å². The number of aryl methyl sites for hydroxylation is 1. The molecule has 148 valence electrons. The molecule has 0 saturated carbocycles. The highest BCUT2D eigenvalue weighted by Gasteiger charge is 2.20. The number of pyridine rings is 1. The van der Waals surface area contributed by atoms with Crippen LogP contribution in [0.15, 0.2) is 60.8 Å². The van der Waals surface area contributed by atoms with E-state index in [-0.39, 0.29) is 17.3 Å². The fourth-order valence-electron chi connectivity index (χ4n) is 2.97. The molecule has 0 aliphatic carbocycles. The van der Waals surface area contributed by atoms with Gasteiger partial charge in [0.25, 0.3) is 11.6 Å². The van der Waals surface area contributed by atoms with E-state index < -0.39 is 10.8 Å². The third kappa shape index (κ3) is 4.57. The maximum Gasteiger partial charge on any atom is 0.293 e. The summed E-state index contributed by atoms with van der Waals surface area (Å²) in [6, 6.07) is 15.3. The predicted molar refractivity (Wildman–Crippen MR) is 113 cm³/mol. The lowest BCUT2D eigenvalue weighted by Crippen LogP contribution is -2.14. The minimum atomic E-state index is -0.498. The summed E-state index contributed by atoms with van der Waals surface area (Å²) in [5.74, 6) is -0.397. The highest BCUT2D eigenvalue weighted by Crippen LogP contribution is 2.29. The second kappa shape index (κ2) is 8.52. The van der Waals surface area contributed by atoms with Gasteiger partial charge in [-0.25, -0.2) is 0 Å². The minimum Gasteiger partial charge on any atom is -0.371 e. The molecule has 0 bridgehead atoms. The van der Waals surface area contributed by atoms with Crippen molar-refractivity contribution in [2.75, 3.05) is 10.6 Å². The van der Waals surface area contributed by atoms with Crippen LogP contribution >= 0.6 is 0 Å². The Labute approximate surface area is 169 Å². The van der Waals surface area contributed by atoms with Gasteiger partial charge < -0.3 is 10.6 Å². The van der Waals surface area contributed by atoms with E-state index in [4.69, 9.17) is 0 Å². The van der Waals surface area contributed by atoms with Crippen LogP contribution in [0.3, 0.4) is 0 Å². The summed E-state index contributed by atoms with van der Waals surface area (Å²) in [6.07, 6.45) is 1.67. The molecule has 0 aliphatic heterocycles. The number of nitro groups is 1. The number of hydrogen-bond donors (Lipinski definition) is 2. The Hall–Kier alpha value is -3.74. The van der Waals surface area contributed by atoms with Crippen LogP contribution < -0.4 is 10.6 Å². The predicted octanol–water partition coefficient (Wildman–Crippen LogP) is 5.03. The zero-order chi connectivity index (χ0) is 21.0. The highest BCUT2D eigenvalue weighted by atomic mass is 16.6. The van der Waals surface area contributed by atoms with Crippen LogP contribution in [-0.4, -0.2) is 15.8 Å². The number of carbonyl (C=O) groups excluding carboxylic acids is 1. The van der Waals surface area contributed by atoms with E-state index in [9.17, 15) is 14.9 Å². The van der Waals surface area contributed by atoms with Gasteiger partial charge in [0.2, 0.25) is 0 Å². The third-order valence-electron chi connectivity index (χ3n) is 4.81. The topological polar surface area (TPSA) is 97.2 Å². The standard InChI is InChI=1S/C22H22N4O3/c1-14-7-6-9-18(15(14)2)25-22(27)17-10-11-20(21(13-17)26(28)29)24-16(3)19-8-4-5-12-23-19/h4-13,16,24H,1-3H3,(H,25,27). The lowest BCUT2D eigenvalue weighted by Gasteiger charge is -2.15. The number of nitro benzene ring substituents is 1. The van der Waals surface area contributed by atoms with E-state index in [0.717, 1.165) is 16.8 Å².